The van der Waals surface area contributed by atoms with Gasteiger partial charge in [-0.25, -0.2) is 0 Å². The summed E-state index contributed by atoms with van der Waals surface area (Å²) in [5.41, 5.74) is 0. The molecule has 4 heteroatoms. The fourth-order valence-electron chi connectivity index (χ4n) is 1.74. The Balaban J connectivity index is 2.12. The van der Waals surface area contributed by atoms with Gasteiger partial charge in [-0.05, 0) is 38.4 Å². The zero-order valence-electron chi connectivity index (χ0n) is 9.35. The number of rotatable bonds is 6. The van der Waals surface area contributed by atoms with E-state index >= 15 is 0 Å². The number of carbonyl (C=O) groups excluding carboxylic acids is 1. The SMILES string of the molecule is CC1(C(=O)NCCCCCCl)CCCS1. The van der Waals surface area contributed by atoms with E-state index in [0.29, 0.717) is 0 Å². The maximum Gasteiger partial charge on any atom is 0.235 e. The molecule has 2 nitrogen and oxygen atoms in total. The molecule has 1 unspecified atom stereocenters. The first kappa shape index (κ1) is 13.2. The topological polar surface area (TPSA) is 29.1 Å². The molecular weight excluding hydrogens is 230 g/mol. The van der Waals surface area contributed by atoms with Crippen molar-refractivity contribution >= 4 is 29.3 Å². The first-order valence-corrected chi connectivity index (χ1v) is 7.19. The van der Waals surface area contributed by atoms with Crippen LogP contribution in [0.1, 0.15) is 39.0 Å². The molecule has 0 aromatic rings. The summed E-state index contributed by atoms with van der Waals surface area (Å²) in [5.74, 6) is 2.06. The lowest BCUT2D eigenvalue weighted by atomic mass is 10.0. The van der Waals surface area contributed by atoms with Gasteiger partial charge in [-0.3, -0.25) is 4.79 Å². The van der Waals surface area contributed by atoms with Gasteiger partial charge in [0.15, 0.2) is 0 Å². The van der Waals surface area contributed by atoms with E-state index in [2.05, 4.69) is 12.2 Å². The summed E-state index contributed by atoms with van der Waals surface area (Å²) in [6.07, 6.45) is 5.38. The third-order valence-corrected chi connectivity index (χ3v) is 4.58. The lowest BCUT2D eigenvalue weighted by Gasteiger charge is -2.21. The molecule has 1 aliphatic rings. The molecule has 1 heterocycles. The Labute approximate surface area is 102 Å². The van der Waals surface area contributed by atoms with Gasteiger partial charge in [0.2, 0.25) is 5.91 Å². The minimum absolute atomic E-state index is 0.160. The molecule has 15 heavy (non-hydrogen) atoms. The lowest BCUT2D eigenvalue weighted by molar-refractivity contribution is -0.123. The maximum absolute atomic E-state index is 11.8. The monoisotopic (exact) mass is 249 g/mol. The van der Waals surface area contributed by atoms with Crippen LogP contribution < -0.4 is 5.32 Å². The van der Waals surface area contributed by atoms with Crippen molar-refractivity contribution in [1.82, 2.24) is 5.32 Å². The van der Waals surface area contributed by atoms with Crippen molar-refractivity contribution in [1.29, 1.82) is 0 Å². The molecule has 0 aromatic heterocycles. The van der Waals surface area contributed by atoms with Crippen LogP contribution in [0.3, 0.4) is 0 Å². The normalized spacial score (nSPS) is 25.5. The number of hydrogen-bond donors (Lipinski definition) is 1. The first-order chi connectivity index (χ1) is 7.19. The Morgan fingerprint density at radius 2 is 2.27 bits per heavy atom. The van der Waals surface area contributed by atoms with Gasteiger partial charge in [0.05, 0.1) is 4.75 Å². The third-order valence-electron chi connectivity index (χ3n) is 2.80. The Kier molecular flexibility index (Phi) is 5.83. The van der Waals surface area contributed by atoms with Gasteiger partial charge in [0.1, 0.15) is 0 Å². The number of thioether (sulfide) groups is 1. The minimum atomic E-state index is -0.160. The number of unbranched alkanes of at least 4 members (excludes halogenated alkanes) is 2. The van der Waals surface area contributed by atoms with Crippen LogP contribution in [0.4, 0.5) is 0 Å². The van der Waals surface area contributed by atoms with E-state index in [-0.39, 0.29) is 10.7 Å². The second-order valence-electron chi connectivity index (χ2n) is 4.19. The summed E-state index contributed by atoms with van der Waals surface area (Å²) in [5, 5.41) is 3.02. The summed E-state index contributed by atoms with van der Waals surface area (Å²) < 4.78 is -0.160. The van der Waals surface area contributed by atoms with Gasteiger partial charge in [-0.1, -0.05) is 6.42 Å². The second kappa shape index (κ2) is 6.64. The van der Waals surface area contributed by atoms with Crippen LogP contribution in [0, 0.1) is 0 Å². The molecule has 1 saturated heterocycles. The Bertz CT molecular complexity index is 205. The van der Waals surface area contributed by atoms with Gasteiger partial charge in [0.25, 0.3) is 0 Å². The number of carbonyl (C=O) groups is 1. The van der Waals surface area contributed by atoms with Crippen LogP contribution in [0.2, 0.25) is 0 Å². The molecular formula is C11H20ClNOS. The van der Waals surface area contributed by atoms with Crippen LogP contribution in [0.5, 0.6) is 0 Å². The van der Waals surface area contributed by atoms with E-state index in [1.807, 2.05) is 0 Å². The van der Waals surface area contributed by atoms with Crippen molar-refractivity contribution < 1.29 is 4.79 Å². The molecule has 1 rings (SSSR count). The second-order valence-corrected chi connectivity index (χ2v) is 6.16. The molecule has 1 atom stereocenters. The summed E-state index contributed by atoms with van der Waals surface area (Å²) in [7, 11) is 0. The van der Waals surface area contributed by atoms with Crippen molar-refractivity contribution in [3.05, 3.63) is 0 Å². The van der Waals surface area contributed by atoms with Crippen LogP contribution in [-0.4, -0.2) is 28.8 Å². The van der Waals surface area contributed by atoms with Gasteiger partial charge in [-0.2, -0.15) is 0 Å². The van der Waals surface area contributed by atoms with E-state index in [1.165, 1.54) is 6.42 Å². The summed E-state index contributed by atoms with van der Waals surface area (Å²) >= 11 is 7.37. The van der Waals surface area contributed by atoms with Gasteiger partial charge in [0, 0.05) is 12.4 Å². The van der Waals surface area contributed by atoms with E-state index in [0.717, 1.165) is 43.9 Å². The zero-order valence-corrected chi connectivity index (χ0v) is 10.9. The predicted octanol–water partition coefficient (Wildman–Crippen LogP) is 2.80. The smallest absolute Gasteiger partial charge is 0.235 e. The van der Waals surface area contributed by atoms with Crippen molar-refractivity contribution in [3.63, 3.8) is 0 Å². The largest absolute Gasteiger partial charge is 0.355 e. The van der Waals surface area contributed by atoms with Crippen molar-refractivity contribution in [2.75, 3.05) is 18.2 Å². The Morgan fingerprint density at radius 3 is 2.87 bits per heavy atom. The summed E-state index contributed by atoms with van der Waals surface area (Å²) in [6, 6.07) is 0. The number of alkyl halides is 1. The average molecular weight is 250 g/mol. The molecule has 1 amide bonds. The quantitative estimate of drug-likeness (QED) is 0.579. The van der Waals surface area contributed by atoms with Crippen LogP contribution >= 0.6 is 23.4 Å². The lowest BCUT2D eigenvalue weighted by Crippen LogP contribution is -2.40. The molecule has 1 aliphatic heterocycles. The predicted molar refractivity (Wildman–Crippen MR) is 67.7 cm³/mol. The fourth-order valence-corrected chi connectivity index (χ4v) is 3.16. The highest BCUT2D eigenvalue weighted by atomic mass is 35.5. The summed E-state index contributed by atoms with van der Waals surface area (Å²) in [6.45, 7) is 2.85. The molecule has 0 spiro atoms. The number of nitrogens with one attached hydrogen (secondary N) is 1. The average Bonchev–Trinajstić information content (AvgIpc) is 2.66. The van der Waals surface area contributed by atoms with Gasteiger partial charge in [-0.15, -0.1) is 23.4 Å². The molecule has 0 aliphatic carbocycles. The third kappa shape index (κ3) is 4.23. The minimum Gasteiger partial charge on any atom is -0.355 e. The molecule has 0 aromatic carbocycles. The highest BCUT2D eigenvalue weighted by Gasteiger charge is 2.36. The molecule has 1 N–H and O–H groups in total. The van der Waals surface area contributed by atoms with E-state index in [4.69, 9.17) is 11.6 Å². The van der Waals surface area contributed by atoms with Crippen molar-refractivity contribution in [3.8, 4) is 0 Å². The molecule has 0 radical (unpaired) electrons. The van der Waals surface area contributed by atoms with Gasteiger partial charge < -0.3 is 5.32 Å². The highest BCUT2D eigenvalue weighted by molar-refractivity contribution is 8.01. The van der Waals surface area contributed by atoms with Crippen molar-refractivity contribution in [2.24, 2.45) is 0 Å². The zero-order chi connectivity index (χ0) is 11.1. The highest BCUT2D eigenvalue weighted by Crippen LogP contribution is 2.37. The Morgan fingerprint density at radius 1 is 1.47 bits per heavy atom. The van der Waals surface area contributed by atoms with E-state index in [9.17, 15) is 4.79 Å². The summed E-state index contributed by atoms with van der Waals surface area (Å²) in [4.78, 5) is 11.8. The van der Waals surface area contributed by atoms with Crippen LogP contribution in [0.15, 0.2) is 0 Å². The van der Waals surface area contributed by atoms with Crippen LogP contribution in [0.25, 0.3) is 0 Å². The van der Waals surface area contributed by atoms with E-state index < -0.39 is 0 Å². The van der Waals surface area contributed by atoms with Gasteiger partial charge >= 0.3 is 0 Å². The van der Waals surface area contributed by atoms with Crippen molar-refractivity contribution in [2.45, 2.75) is 43.8 Å². The Hall–Kier alpha value is 0.110. The standard InChI is InChI=1S/C11H20ClNOS/c1-11(6-5-9-15-11)10(14)13-8-4-2-3-7-12/h2-9H2,1H3,(H,13,14). The molecule has 0 bridgehead atoms. The van der Waals surface area contributed by atoms with Crippen LogP contribution in [-0.2, 0) is 4.79 Å². The molecule has 88 valence electrons. The fraction of sp³-hybridized carbons (Fsp3) is 0.909. The molecule has 0 saturated carbocycles. The number of hydrogen-bond acceptors (Lipinski definition) is 2. The first-order valence-electron chi connectivity index (χ1n) is 5.67. The van der Waals surface area contributed by atoms with E-state index in [1.54, 1.807) is 11.8 Å². The number of amides is 1. The number of halogens is 1. The maximum atomic E-state index is 11.8. The molecule has 1 fully saturated rings.